The van der Waals surface area contributed by atoms with Gasteiger partial charge in [-0.25, -0.2) is 0 Å². The average molecular weight is 391 g/mol. The van der Waals surface area contributed by atoms with E-state index in [4.69, 9.17) is 17.0 Å². The van der Waals surface area contributed by atoms with Crippen molar-refractivity contribution in [1.82, 2.24) is 9.80 Å². The van der Waals surface area contributed by atoms with Crippen molar-refractivity contribution >= 4 is 40.3 Å². The van der Waals surface area contributed by atoms with E-state index < -0.39 is 0 Å². The summed E-state index contributed by atoms with van der Waals surface area (Å²) in [7, 11) is 0. The van der Waals surface area contributed by atoms with Gasteiger partial charge in [0.25, 0.3) is 5.91 Å². The second-order valence-corrected chi connectivity index (χ2v) is 8.61. The Hall–Kier alpha value is -1.21. The van der Waals surface area contributed by atoms with Crippen LogP contribution in [0.4, 0.5) is 0 Å². The highest BCUT2D eigenvalue weighted by molar-refractivity contribution is 8.26. The normalized spacial score (nSPS) is 20.4. The average Bonchev–Trinajstić information content (AvgIpc) is 2.88. The van der Waals surface area contributed by atoms with E-state index >= 15 is 0 Å². The zero-order chi connectivity index (χ0) is 18.7. The van der Waals surface area contributed by atoms with Crippen molar-refractivity contribution in [3.8, 4) is 0 Å². The Bertz CT molecular complexity index is 740. The molecule has 0 radical (unpaired) electrons. The van der Waals surface area contributed by atoms with Gasteiger partial charge in [0.15, 0.2) is 0 Å². The summed E-state index contributed by atoms with van der Waals surface area (Å²) in [5, 5.41) is 0. The smallest absolute Gasteiger partial charge is 0.266 e. The van der Waals surface area contributed by atoms with Crippen LogP contribution in [0, 0.1) is 20.8 Å². The molecule has 6 heteroatoms. The predicted molar refractivity (Wildman–Crippen MR) is 112 cm³/mol. The Morgan fingerprint density at radius 3 is 2.54 bits per heavy atom. The zero-order valence-electron chi connectivity index (χ0n) is 15.7. The van der Waals surface area contributed by atoms with Gasteiger partial charge in [0.05, 0.1) is 18.1 Å². The fourth-order valence-electron chi connectivity index (χ4n) is 3.25. The van der Waals surface area contributed by atoms with E-state index in [-0.39, 0.29) is 5.91 Å². The van der Waals surface area contributed by atoms with Gasteiger partial charge in [0.2, 0.25) is 0 Å². The van der Waals surface area contributed by atoms with Gasteiger partial charge in [0.1, 0.15) is 4.32 Å². The molecule has 1 amide bonds. The molecule has 2 aliphatic heterocycles. The molecule has 0 saturated carbocycles. The molecule has 140 valence electrons. The number of carbonyl (C=O) groups excluding carboxylic acids is 1. The molecule has 0 aromatic heterocycles. The molecule has 0 spiro atoms. The molecule has 2 aliphatic rings. The monoisotopic (exact) mass is 390 g/mol. The Morgan fingerprint density at radius 2 is 1.81 bits per heavy atom. The van der Waals surface area contributed by atoms with Crippen molar-refractivity contribution in [3.63, 3.8) is 0 Å². The molecule has 1 aromatic carbocycles. The third-order valence-electron chi connectivity index (χ3n) is 5.00. The van der Waals surface area contributed by atoms with Crippen molar-refractivity contribution in [3.05, 3.63) is 39.3 Å². The van der Waals surface area contributed by atoms with Crippen molar-refractivity contribution in [2.24, 2.45) is 0 Å². The molecule has 0 atom stereocenters. The number of nitrogens with zero attached hydrogens (tertiary/aromatic N) is 2. The number of thioether (sulfide) groups is 1. The van der Waals surface area contributed by atoms with Crippen molar-refractivity contribution in [2.75, 3.05) is 39.4 Å². The van der Waals surface area contributed by atoms with Crippen molar-refractivity contribution < 1.29 is 9.53 Å². The molecule has 3 rings (SSSR count). The number of benzene rings is 1. The van der Waals surface area contributed by atoms with Crippen LogP contribution in [0.25, 0.3) is 6.08 Å². The van der Waals surface area contributed by atoms with Gasteiger partial charge in [-0.15, -0.1) is 0 Å². The second-order valence-electron chi connectivity index (χ2n) is 6.93. The molecule has 0 N–H and O–H groups in total. The number of ether oxygens (including phenoxy) is 1. The van der Waals surface area contributed by atoms with Crippen LogP contribution in [-0.2, 0) is 9.53 Å². The maximum absolute atomic E-state index is 12.8. The number of rotatable bonds is 5. The minimum absolute atomic E-state index is 0.0413. The highest BCUT2D eigenvalue weighted by atomic mass is 32.2. The van der Waals surface area contributed by atoms with Crippen molar-refractivity contribution in [2.45, 2.75) is 27.2 Å². The maximum Gasteiger partial charge on any atom is 0.266 e. The quantitative estimate of drug-likeness (QED) is 0.567. The molecule has 0 aliphatic carbocycles. The summed E-state index contributed by atoms with van der Waals surface area (Å²) in [5.41, 5.74) is 4.80. The van der Waals surface area contributed by atoms with Crippen LogP contribution in [0.2, 0.25) is 0 Å². The van der Waals surface area contributed by atoms with Gasteiger partial charge in [-0.2, -0.15) is 0 Å². The van der Waals surface area contributed by atoms with E-state index in [1.165, 1.54) is 28.5 Å². The first-order valence-electron chi connectivity index (χ1n) is 9.09. The lowest BCUT2D eigenvalue weighted by molar-refractivity contribution is -0.122. The second kappa shape index (κ2) is 8.65. The van der Waals surface area contributed by atoms with Crippen LogP contribution in [0.15, 0.2) is 17.0 Å². The number of carbonyl (C=O) groups is 1. The fraction of sp³-hybridized carbons (Fsp3) is 0.500. The van der Waals surface area contributed by atoms with Crippen LogP contribution in [-0.4, -0.2) is 59.4 Å². The Labute approximate surface area is 165 Å². The highest BCUT2D eigenvalue weighted by Gasteiger charge is 2.31. The summed E-state index contributed by atoms with van der Waals surface area (Å²) in [4.78, 5) is 17.6. The van der Waals surface area contributed by atoms with Crippen LogP contribution in [0.5, 0.6) is 0 Å². The minimum atomic E-state index is 0.0413. The first-order valence-corrected chi connectivity index (χ1v) is 10.3. The largest absolute Gasteiger partial charge is 0.379 e. The van der Waals surface area contributed by atoms with Gasteiger partial charge in [-0.3, -0.25) is 14.6 Å². The van der Waals surface area contributed by atoms with Gasteiger partial charge < -0.3 is 4.74 Å². The molecule has 2 saturated heterocycles. The topological polar surface area (TPSA) is 32.8 Å². The first-order chi connectivity index (χ1) is 12.5. The molecule has 0 unspecified atom stereocenters. The van der Waals surface area contributed by atoms with Crippen LogP contribution < -0.4 is 0 Å². The standard InChI is InChI=1S/C20H26N2O2S2/c1-14-11-16(3)17(12-15(14)2)13-18-19(23)22(20(25)26-18)6-4-5-21-7-9-24-10-8-21/h11-13H,4-10H2,1-3H3. The Balaban J connectivity index is 1.63. The van der Waals surface area contributed by atoms with Crippen LogP contribution in [0.1, 0.15) is 28.7 Å². The summed E-state index contributed by atoms with van der Waals surface area (Å²) in [5.74, 6) is 0.0413. The molecule has 1 aromatic rings. The third-order valence-corrected chi connectivity index (χ3v) is 6.38. The lowest BCUT2D eigenvalue weighted by atomic mass is 10.0. The maximum atomic E-state index is 12.8. The fourth-order valence-corrected chi connectivity index (χ4v) is 4.55. The molecule has 2 heterocycles. The molecule has 2 fully saturated rings. The van der Waals surface area contributed by atoms with Gasteiger partial charge in [-0.1, -0.05) is 36.1 Å². The highest BCUT2D eigenvalue weighted by Crippen LogP contribution is 2.33. The number of aryl methyl sites for hydroxylation is 3. The number of hydrogen-bond acceptors (Lipinski definition) is 5. The summed E-state index contributed by atoms with van der Waals surface area (Å²) in [6, 6.07) is 4.32. The predicted octanol–water partition coefficient (Wildman–Crippen LogP) is 3.54. The van der Waals surface area contributed by atoms with E-state index in [1.807, 2.05) is 6.08 Å². The summed E-state index contributed by atoms with van der Waals surface area (Å²) in [6.07, 6.45) is 2.92. The van der Waals surface area contributed by atoms with Crippen LogP contribution in [0.3, 0.4) is 0 Å². The number of hydrogen-bond donors (Lipinski definition) is 0. The van der Waals surface area contributed by atoms with Gasteiger partial charge in [0, 0.05) is 26.2 Å². The van der Waals surface area contributed by atoms with E-state index in [1.54, 1.807) is 4.90 Å². The van der Waals surface area contributed by atoms with Gasteiger partial charge in [-0.05, 0) is 55.5 Å². The number of morpholine rings is 1. The van der Waals surface area contributed by atoms with Crippen molar-refractivity contribution in [1.29, 1.82) is 0 Å². The lowest BCUT2D eigenvalue weighted by Crippen LogP contribution is -2.38. The zero-order valence-corrected chi connectivity index (χ0v) is 17.3. The third kappa shape index (κ3) is 4.55. The SMILES string of the molecule is Cc1cc(C)c(C=C2SC(=S)N(CCCN3CCOCC3)C2=O)cc1C. The summed E-state index contributed by atoms with van der Waals surface area (Å²) in [6.45, 7) is 11.5. The number of amides is 1. The van der Waals surface area contributed by atoms with E-state index in [0.29, 0.717) is 10.9 Å². The first kappa shape index (κ1) is 19.5. The molecular weight excluding hydrogens is 364 g/mol. The molecule has 26 heavy (non-hydrogen) atoms. The Kier molecular flexibility index (Phi) is 6.51. The van der Waals surface area contributed by atoms with E-state index in [0.717, 1.165) is 49.7 Å². The molecule has 4 nitrogen and oxygen atoms in total. The summed E-state index contributed by atoms with van der Waals surface area (Å²) >= 11 is 6.87. The summed E-state index contributed by atoms with van der Waals surface area (Å²) < 4.78 is 6.04. The molecule has 0 bridgehead atoms. The number of thiocarbonyl (C=S) groups is 1. The van der Waals surface area contributed by atoms with Crippen LogP contribution >= 0.6 is 24.0 Å². The Morgan fingerprint density at radius 1 is 1.12 bits per heavy atom. The minimum Gasteiger partial charge on any atom is -0.379 e. The van der Waals surface area contributed by atoms with Gasteiger partial charge >= 0.3 is 0 Å². The molecular formula is C20H26N2O2S2. The lowest BCUT2D eigenvalue weighted by Gasteiger charge is -2.27. The van der Waals surface area contributed by atoms with E-state index in [2.05, 4.69) is 37.8 Å². The van der Waals surface area contributed by atoms with E-state index in [9.17, 15) is 4.79 Å².